The predicted molar refractivity (Wildman–Crippen MR) is 160 cm³/mol. The van der Waals surface area contributed by atoms with Gasteiger partial charge in [0.2, 0.25) is 0 Å². The Balaban J connectivity index is 2.43. The van der Waals surface area contributed by atoms with Crippen molar-refractivity contribution in [2.45, 2.75) is 117 Å². The second-order valence-electron chi connectivity index (χ2n) is 11.2. The van der Waals surface area contributed by atoms with Gasteiger partial charge in [-0.05, 0) is 63.9 Å². The van der Waals surface area contributed by atoms with Crippen LogP contribution < -0.4 is 4.74 Å². The molecule has 0 heterocycles. The van der Waals surface area contributed by atoms with E-state index in [1.807, 2.05) is 50.2 Å². The third-order valence-electron chi connectivity index (χ3n) is 6.80. The van der Waals surface area contributed by atoms with Gasteiger partial charge in [-0.25, -0.2) is 4.57 Å². The number of carbonyl (C=O) groups excluding carboxylic acids is 1. The van der Waals surface area contributed by atoms with Gasteiger partial charge in [0.25, 0.3) is 0 Å². The Morgan fingerprint density at radius 2 is 1.59 bits per heavy atom. The van der Waals surface area contributed by atoms with E-state index in [1.54, 1.807) is 0 Å². The van der Waals surface area contributed by atoms with E-state index >= 15 is 0 Å². The molecule has 0 fully saturated rings. The number of hydrogen-bond donors (Lipinski definition) is 1. The molecule has 0 aromatic heterocycles. The first-order chi connectivity index (χ1) is 18.6. The molecule has 1 aromatic rings. The van der Waals surface area contributed by atoms with Crippen LogP contribution in [0.4, 0.5) is 0 Å². The number of ketones is 1. The maximum atomic E-state index is 12.5. The van der Waals surface area contributed by atoms with Crippen molar-refractivity contribution >= 4 is 13.6 Å². The molecule has 0 amide bonds. The lowest BCUT2D eigenvalue weighted by atomic mass is 9.95. The van der Waals surface area contributed by atoms with E-state index < -0.39 is 13.9 Å². The van der Waals surface area contributed by atoms with Crippen LogP contribution in [0.3, 0.4) is 0 Å². The number of phosphoric ester groups is 1. The highest BCUT2D eigenvalue weighted by Gasteiger charge is 2.28. The molecular formula is C31H56NO6P. The maximum Gasteiger partial charge on any atom is 0.472 e. The van der Waals surface area contributed by atoms with Crippen molar-refractivity contribution in [3.63, 3.8) is 0 Å². The van der Waals surface area contributed by atoms with Crippen molar-refractivity contribution < 1.29 is 28.0 Å². The lowest BCUT2D eigenvalue weighted by Crippen LogP contribution is -2.27. The van der Waals surface area contributed by atoms with Crippen LogP contribution in [0, 0.1) is 5.92 Å². The quantitative estimate of drug-likeness (QED) is 0.0943. The summed E-state index contributed by atoms with van der Waals surface area (Å²) in [7, 11) is -0.467. The Morgan fingerprint density at radius 3 is 2.15 bits per heavy atom. The highest BCUT2D eigenvalue weighted by Crippen LogP contribution is 2.45. The fourth-order valence-electron chi connectivity index (χ4n) is 4.71. The number of nitrogens with zero attached hydrogens (tertiary/aromatic N) is 1. The number of likely N-dealkylation sites (N-methyl/N-ethyl adjacent to an activating group) is 1. The molecule has 3 unspecified atom stereocenters. The SMILES string of the molecule is CCCCCCCCCCCCCOc1cccc(CC(COP(=O)(O)OC(CC)CN(C)C)CC(C)=O)c1. The Labute approximate surface area is 238 Å². The molecule has 3 atom stereocenters. The van der Waals surface area contributed by atoms with E-state index in [0.29, 0.717) is 26.0 Å². The number of Topliss-reactive ketones (excluding diaryl/α,β-unsaturated/α-hetero) is 1. The molecule has 1 rings (SSSR count). The summed E-state index contributed by atoms with van der Waals surface area (Å²) in [4.78, 5) is 24.0. The van der Waals surface area contributed by atoms with E-state index in [9.17, 15) is 14.3 Å². The number of rotatable bonds is 25. The molecule has 0 saturated heterocycles. The van der Waals surface area contributed by atoms with Gasteiger partial charge in [0.05, 0.1) is 19.3 Å². The first-order valence-corrected chi connectivity index (χ1v) is 16.7. The largest absolute Gasteiger partial charge is 0.494 e. The average molecular weight is 570 g/mol. The van der Waals surface area contributed by atoms with E-state index in [-0.39, 0.29) is 24.7 Å². The molecule has 0 bridgehead atoms. The molecular weight excluding hydrogens is 513 g/mol. The number of carbonyl (C=O) groups is 1. The summed E-state index contributed by atoms with van der Waals surface area (Å²) < 4.78 is 29.2. The molecule has 8 heteroatoms. The molecule has 0 radical (unpaired) electrons. The van der Waals surface area contributed by atoms with Gasteiger partial charge in [-0.3, -0.25) is 9.05 Å². The van der Waals surface area contributed by atoms with E-state index in [4.69, 9.17) is 13.8 Å². The third kappa shape index (κ3) is 19.5. The minimum atomic E-state index is -4.23. The number of phosphoric acid groups is 1. The lowest BCUT2D eigenvalue weighted by Gasteiger charge is -2.24. The van der Waals surface area contributed by atoms with Crippen LogP contribution in [0.25, 0.3) is 0 Å². The summed E-state index contributed by atoms with van der Waals surface area (Å²) in [6.45, 7) is 6.87. The van der Waals surface area contributed by atoms with Crippen LogP contribution in [0.5, 0.6) is 5.75 Å². The van der Waals surface area contributed by atoms with Crippen molar-refractivity contribution in [2.75, 3.05) is 33.9 Å². The standard InChI is InChI=1S/C31H56NO6P/c1-6-8-9-10-11-12-13-14-15-16-17-21-36-31-20-18-19-28(24-31)23-29(22-27(3)33)26-37-39(34,35)38-30(7-2)25-32(4)5/h18-20,24,29-30H,6-17,21-23,25-26H2,1-5H3,(H,34,35). The van der Waals surface area contributed by atoms with Crippen molar-refractivity contribution in [2.24, 2.45) is 5.92 Å². The van der Waals surface area contributed by atoms with Crippen molar-refractivity contribution in [1.82, 2.24) is 4.90 Å². The van der Waals surface area contributed by atoms with Crippen LogP contribution in [0.15, 0.2) is 24.3 Å². The van der Waals surface area contributed by atoms with E-state index in [1.165, 1.54) is 71.1 Å². The topological polar surface area (TPSA) is 85.3 Å². The number of unbranched alkanes of at least 4 members (excludes halogenated alkanes) is 10. The van der Waals surface area contributed by atoms with Crippen LogP contribution >= 0.6 is 7.82 Å². The molecule has 7 nitrogen and oxygen atoms in total. The minimum Gasteiger partial charge on any atom is -0.494 e. The molecule has 0 aliphatic heterocycles. The zero-order valence-corrected chi connectivity index (χ0v) is 26.3. The molecule has 0 aliphatic rings. The van der Waals surface area contributed by atoms with Crippen molar-refractivity contribution in [3.8, 4) is 5.75 Å². The molecule has 0 aliphatic carbocycles. The fraction of sp³-hybridized carbons (Fsp3) is 0.774. The summed E-state index contributed by atoms with van der Waals surface area (Å²) >= 11 is 0. The molecule has 0 saturated carbocycles. The average Bonchev–Trinajstić information content (AvgIpc) is 2.87. The Kier molecular flexibility index (Phi) is 19.7. The molecule has 39 heavy (non-hydrogen) atoms. The first kappa shape index (κ1) is 35.8. The van der Waals surface area contributed by atoms with Gasteiger partial charge >= 0.3 is 7.82 Å². The zero-order valence-electron chi connectivity index (χ0n) is 25.4. The Morgan fingerprint density at radius 1 is 0.974 bits per heavy atom. The van der Waals surface area contributed by atoms with Crippen LogP contribution in [0.1, 0.15) is 110 Å². The fourth-order valence-corrected chi connectivity index (χ4v) is 5.76. The van der Waals surface area contributed by atoms with Gasteiger partial charge in [0.1, 0.15) is 11.5 Å². The van der Waals surface area contributed by atoms with Gasteiger partial charge < -0.3 is 19.3 Å². The van der Waals surface area contributed by atoms with Crippen molar-refractivity contribution in [1.29, 1.82) is 0 Å². The van der Waals surface area contributed by atoms with Gasteiger partial charge in [-0.2, -0.15) is 0 Å². The molecule has 0 spiro atoms. The monoisotopic (exact) mass is 569 g/mol. The maximum absolute atomic E-state index is 12.5. The second-order valence-corrected chi connectivity index (χ2v) is 12.6. The van der Waals surface area contributed by atoms with Crippen LogP contribution in [-0.4, -0.2) is 55.5 Å². The van der Waals surface area contributed by atoms with Gasteiger partial charge in [-0.1, -0.05) is 90.2 Å². The highest BCUT2D eigenvalue weighted by atomic mass is 31.2. The van der Waals surface area contributed by atoms with E-state index in [0.717, 1.165) is 17.7 Å². The summed E-state index contributed by atoms with van der Waals surface area (Å²) in [5, 5.41) is 0. The predicted octanol–water partition coefficient (Wildman–Crippen LogP) is 7.99. The number of benzene rings is 1. The summed E-state index contributed by atoms with van der Waals surface area (Å²) in [5.74, 6) is 0.593. The zero-order chi connectivity index (χ0) is 28.9. The first-order valence-electron chi connectivity index (χ1n) is 15.2. The summed E-state index contributed by atoms with van der Waals surface area (Å²) in [6, 6.07) is 7.88. The minimum absolute atomic E-state index is 0.0141. The summed E-state index contributed by atoms with van der Waals surface area (Å²) in [6.07, 6.45) is 15.3. The second kappa shape index (κ2) is 21.5. The van der Waals surface area contributed by atoms with Gasteiger partial charge in [-0.15, -0.1) is 0 Å². The Bertz CT molecular complexity index is 818. The summed E-state index contributed by atoms with van der Waals surface area (Å²) in [5.41, 5.74) is 1.01. The smallest absolute Gasteiger partial charge is 0.472 e. The Hall–Kier alpha value is -1.24. The van der Waals surface area contributed by atoms with Crippen LogP contribution in [0.2, 0.25) is 0 Å². The van der Waals surface area contributed by atoms with Crippen molar-refractivity contribution in [3.05, 3.63) is 29.8 Å². The normalized spacial score (nSPS) is 14.7. The van der Waals surface area contributed by atoms with Crippen LogP contribution in [-0.2, 0) is 24.8 Å². The van der Waals surface area contributed by atoms with Gasteiger partial charge in [0.15, 0.2) is 0 Å². The molecule has 1 aromatic carbocycles. The van der Waals surface area contributed by atoms with E-state index in [2.05, 4.69) is 6.92 Å². The highest BCUT2D eigenvalue weighted by molar-refractivity contribution is 7.47. The van der Waals surface area contributed by atoms with Gasteiger partial charge in [0, 0.05) is 13.0 Å². The number of hydrogen-bond acceptors (Lipinski definition) is 6. The third-order valence-corrected chi connectivity index (χ3v) is 7.84. The molecule has 226 valence electrons. The number of ether oxygens (including phenoxy) is 1. The lowest BCUT2D eigenvalue weighted by molar-refractivity contribution is -0.118. The molecule has 1 N–H and O–H groups in total.